The molecule has 116 valence electrons. The number of ether oxygens (including phenoxy) is 2. The van der Waals surface area contributed by atoms with Gasteiger partial charge in [0.1, 0.15) is 5.54 Å². The van der Waals surface area contributed by atoms with Crippen molar-refractivity contribution in [3.63, 3.8) is 0 Å². The molecule has 2 fully saturated rings. The van der Waals surface area contributed by atoms with Crippen molar-refractivity contribution in [3.05, 3.63) is 18.2 Å². The molecule has 2 aliphatic heterocycles. The lowest BCUT2D eigenvalue weighted by Crippen LogP contribution is -2.46. The number of urea groups is 1. The first kappa shape index (κ1) is 13.4. The quantitative estimate of drug-likeness (QED) is 0.810. The Labute approximate surface area is 128 Å². The predicted molar refractivity (Wildman–Crippen MR) is 79.0 cm³/mol. The average Bonchev–Trinajstić information content (AvgIpc) is 2.96. The summed E-state index contributed by atoms with van der Waals surface area (Å²) in [6.45, 7) is 0.170. The number of benzene rings is 1. The van der Waals surface area contributed by atoms with Gasteiger partial charge in [-0.2, -0.15) is 0 Å². The third-order valence-electron chi connectivity index (χ3n) is 4.73. The number of carbonyl (C=O) groups excluding carboxylic acids is 2. The van der Waals surface area contributed by atoms with Crippen LogP contribution in [-0.4, -0.2) is 24.3 Å². The minimum Gasteiger partial charge on any atom is -0.454 e. The fourth-order valence-corrected chi connectivity index (χ4v) is 3.55. The Hall–Kier alpha value is -2.24. The van der Waals surface area contributed by atoms with Crippen LogP contribution in [0.25, 0.3) is 0 Å². The van der Waals surface area contributed by atoms with Crippen LogP contribution in [0.5, 0.6) is 11.5 Å². The van der Waals surface area contributed by atoms with Crippen LogP contribution >= 0.6 is 0 Å². The van der Waals surface area contributed by atoms with Crippen molar-refractivity contribution in [3.8, 4) is 11.5 Å². The number of amides is 3. The number of carbonyl (C=O) groups is 2. The summed E-state index contributed by atoms with van der Waals surface area (Å²) in [6, 6.07) is 4.80. The summed E-state index contributed by atoms with van der Waals surface area (Å²) in [6.07, 6.45) is 5.63. The maximum Gasteiger partial charge on any atom is 0.329 e. The van der Waals surface area contributed by atoms with Crippen LogP contribution in [0.3, 0.4) is 0 Å². The van der Waals surface area contributed by atoms with Crippen molar-refractivity contribution >= 4 is 17.6 Å². The molecule has 6 nitrogen and oxygen atoms in total. The third-order valence-corrected chi connectivity index (χ3v) is 4.73. The summed E-state index contributed by atoms with van der Waals surface area (Å²) in [5, 5.41) is 2.94. The molecule has 1 aromatic rings. The molecule has 0 aromatic heterocycles. The van der Waals surface area contributed by atoms with Crippen LogP contribution < -0.4 is 19.7 Å². The Morgan fingerprint density at radius 2 is 1.73 bits per heavy atom. The fraction of sp³-hybridized carbons (Fsp3) is 0.500. The molecule has 6 heteroatoms. The minimum atomic E-state index is -0.718. The van der Waals surface area contributed by atoms with Crippen molar-refractivity contribution < 1.29 is 19.1 Å². The summed E-state index contributed by atoms with van der Waals surface area (Å²) in [5.74, 6) is 1.07. The molecule has 1 aromatic carbocycles. The van der Waals surface area contributed by atoms with E-state index in [0.717, 1.165) is 38.5 Å². The van der Waals surface area contributed by atoms with E-state index >= 15 is 0 Å². The molecule has 1 N–H and O–H groups in total. The SMILES string of the molecule is O=C1NC2(CCCCCC2)C(=O)N1c1ccc2c(c1)OCO2. The number of nitrogens with one attached hydrogen (secondary N) is 1. The monoisotopic (exact) mass is 302 g/mol. The molecule has 4 rings (SSSR count). The van der Waals surface area contributed by atoms with E-state index in [2.05, 4.69) is 5.32 Å². The van der Waals surface area contributed by atoms with Crippen LogP contribution in [0.4, 0.5) is 10.5 Å². The summed E-state index contributed by atoms with van der Waals surface area (Å²) in [7, 11) is 0. The van der Waals surface area contributed by atoms with Crippen molar-refractivity contribution in [1.29, 1.82) is 0 Å². The number of fused-ring (bicyclic) bond motifs is 1. The van der Waals surface area contributed by atoms with Gasteiger partial charge in [-0.05, 0) is 25.0 Å². The number of nitrogens with zero attached hydrogens (tertiary/aromatic N) is 1. The number of rotatable bonds is 1. The van der Waals surface area contributed by atoms with E-state index in [4.69, 9.17) is 9.47 Å². The third kappa shape index (κ3) is 1.94. The normalized spacial score (nSPS) is 22.8. The van der Waals surface area contributed by atoms with E-state index in [1.807, 2.05) is 0 Å². The molecular weight excluding hydrogens is 284 g/mol. The minimum absolute atomic E-state index is 0.140. The molecule has 1 spiro atoms. The molecule has 3 amide bonds. The average molecular weight is 302 g/mol. The van der Waals surface area contributed by atoms with E-state index in [9.17, 15) is 9.59 Å². The Balaban J connectivity index is 1.67. The van der Waals surface area contributed by atoms with Gasteiger partial charge in [-0.25, -0.2) is 9.69 Å². The van der Waals surface area contributed by atoms with Crippen molar-refractivity contribution in [2.75, 3.05) is 11.7 Å². The van der Waals surface area contributed by atoms with Crippen LogP contribution in [-0.2, 0) is 4.79 Å². The largest absolute Gasteiger partial charge is 0.454 e. The van der Waals surface area contributed by atoms with Gasteiger partial charge in [0.05, 0.1) is 5.69 Å². The number of anilines is 1. The molecule has 1 aliphatic carbocycles. The molecule has 1 saturated carbocycles. The zero-order chi connectivity index (χ0) is 15.2. The highest BCUT2D eigenvalue weighted by Crippen LogP contribution is 2.39. The second-order valence-corrected chi connectivity index (χ2v) is 6.10. The molecule has 22 heavy (non-hydrogen) atoms. The van der Waals surface area contributed by atoms with E-state index in [1.165, 1.54) is 4.90 Å². The predicted octanol–water partition coefficient (Wildman–Crippen LogP) is 2.56. The van der Waals surface area contributed by atoms with Crippen molar-refractivity contribution in [1.82, 2.24) is 5.32 Å². The van der Waals surface area contributed by atoms with Gasteiger partial charge >= 0.3 is 6.03 Å². The smallest absolute Gasteiger partial charge is 0.329 e. The lowest BCUT2D eigenvalue weighted by Gasteiger charge is -2.24. The highest BCUT2D eigenvalue weighted by atomic mass is 16.7. The maximum absolute atomic E-state index is 12.9. The number of hydrogen-bond acceptors (Lipinski definition) is 4. The van der Waals surface area contributed by atoms with Gasteiger partial charge in [0, 0.05) is 6.07 Å². The van der Waals surface area contributed by atoms with Gasteiger partial charge in [0.15, 0.2) is 11.5 Å². The van der Waals surface area contributed by atoms with E-state index in [-0.39, 0.29) is 18.7 Å². The Kier molecular flexibility index (Phi) is 2.99. The first-order chi connectivity index (χ1) is 10.7. The van der Waals surface area contributed by atoms with Crippen LogP contribution in [0.2, 0.25) is 0 Å². The molecule has 0 unspecified atom stereocenters. The zero-order valence-corrected chi connectivity index (χ0v) is 12.3. The van der Waals surface area contributed by atoms with Crippen LogP contribution in [0, 0.1) is 0 Å². The Morgan fingerprint density at radius 3 is 2.50 bits per heavy atom. The lowest BCUT2D eigenvalue weighted by molar-refractivity contribution is -0.122. The second kappa shape index (κ2) is 4.90. The highest BCUT2D eigenvalue weighted by Gasteiger charge is 2.51. The van der Waals surface area contributed by atoms with E-state index < -0.39 is 5.54 Å². The van der Waals surface area contributed by atoms with Crippen LogP contribution in [0.15, 0.2) is 18.2 Å². The maximum atomic E-state index is 12.9. The molecule has 3 aliphatic rings. The molecule has 1 saturated heterocycles. The molecule has 0 atom stereocenters. The van der Waals surface area contributed by atoms with Gasteiger partial charge in [0.2, 0.25) is 6.79 Å². The Morgan fingerprint density at radius 1 is 1.00 bits per heavy atom. The standard InChI is InChI=1S/C16H18N2O4/c19-14-16(7-3-1-2-4-8-16)17-15(20)18(14)11-5-6-12-13(9-11)22-10-21-12/h5-6,9H,1-4,7-8,10H2,(H,17,20). The lowest BCUT2D eigenvalue weighted by atomic mass is 9.90. The number of imide groups is 1. The second-order valence-electron chi connectivity index (χ2n) is 6.10. The zero-order valence-electron chi connectivity index (χ0n) is 12.3. The van der Waals surface area contributed by atoms with Gasteiger partial charge in [0.25, 0.3) is 5.91 Å². The summed E-state index contributed by atoms with van der Waals surface area (Å²) < 4.78 is 10.6. The Bertz CT molecular complexity index is 635. The van der Waals surface area contributed by atoms with Gasteiger partial charge in [-0.3, -0.25) is 4.79 Å². The van der Waals surface area contributed by atoms with Gasteiger partial charge in [-0.1, -0.05) is 25.7 Å². The highest BCUT2D eigenvalue weighted by molar-refractivity contribution is 6.23. The van der Waals surface area contributed by atoms with E-state index in [0.29, 0.717) is 17.2 Å². The molecular formula is C16H18N2O4. The summed E-state index contributed by atoms with van der Waals surface area (Å²) in [5.41, 5.74) is -0.183. The first-order valence-electron chi connectivity index (χ1n) is 7.76. The number of hydrogen-bond donors (Lipinski definition) is 1. The van der Waals surface area contributed by atoms with Gasteiger partial charge in [-0.15, -0.1) is 0 Å². The summed E-state index contributed by atoms with van der Waals surface area (Å²) >= 11 is 0. The molecule has 2 heterocycles. The van der Waals surface area contributed by atoms with Crippen LogP contribution in [0.1, 0.15) is 38.5 Å². The molecule has 0 bridgehead atoms. The van der Waals surface area contributed by atoms with Gasteiger partial charge < -0.3 is 14.8 Å². The van der Waals surface area contributed by atoms with Crippen molar-refractivity contribution in [2.45, 2.75) is 44.1 Å². The fourth-order valence-electron chi connectivity index (χ4n) is 3.55. The molecule has 0 radical (unpaired) electrons. The first-order valence-corrected chi connectivity index (χ1v) is 7.76. The topological polar surface area (TPSA) is 67.9 Å². The summed E-state index contributed by atoms with van der Waals surface area (Å²) in [4.78, 5) is 26.6. The van der Waals surface area contributed by atoms with E-state index in [1.54, 1.807) is 18.2 Å². The van der Waals surface area contributed by atoms with Crippen molar-refractivity contribution in [2.24, 2.45) is 0 Å².